The maximum absolute atomic E-state index is 12.0. The van der Waals surface area contributed by atoms with Gasteiger partial charge >= 0.3 is 0 Å². The fraction of sp³-hybridized carbons (Fsp3) is 1.00. The molecule has 3 nitrogen and oxygen atoms in total. The molecule has 0 fully saturated rings. The van der Waals surface area contributed by atoms with Crippen LogP contribution in [0.3, 0.4) is 0 Å². The molecule has 0 heterocycles. The minimum Gasteiger partial charge on any atom is -0.391 e. The van der Waals surface area contributed by atoms with Crippen molar-refractivity contribution in [3.63, 3.8) is 0 Å². The lowest BCUT2D eigenvalue weighted by Crippen LogP contribution is -2.50. The summed E-state index contributed by atoms with van der Waals surface area (Å²) in [5.41, 5.74) is 0. The van der Waals surface area contributed by atoms with Gasteiger partial charge in [0.1, 0.15) is 0 Å². The summed E-state index contributed by atoms with van der Waals surface area (Å²) in [4.78, 5) is 0. The van der Waals surface area contributed by atoms with Crippen LogP contribution in [0.15, 0.2) is 0 Å². The van der Waals surface area contributed by atoms with Crippen LogP contribution in [0, 0.1) is 11.8 Å². The van der Waals surface area contributed by atoms with Crippen molar-refractivity contribution in [3.8, 4) is 0 Å². The summed E-state index contributed by atoms with van der Waals surface area (Å²) < 4.78 is 14.8. The Morgan fingerprint density at radius 1 is 1.06 bits per heavy atom. The molecule has 0 aliphatic heterocycles. The van der Waals surface area contributed by atoms with E-state index in [4.69, 9.17) is 0 Å². The Kier molecular flexibility index (Phi) is 6.15. The zero-order valence-corrected chi connectivity index (χ0v) is 12.4. The first-order valence-electron chi connectivity index (χ1n) is 5.93. The van der Waals surface area contributed by atoms with Crippen LogP contribution in [0.1, 0.15) is 48.5 Å². The summed E-state index contributed by atoms with van der Waals surface area (Å²) in [6.45, 7) is 13.8. The molecule has 0 aliphatic carbocycles. The molecule has 0 rings (SSSR count). The van der Waals surface area contributed by atoms with Crippen LogP contribution in [0.25, 0.3) is 0 Å². The Morgan fingerprint density at radius 2 is 1.50 bits per heavy atom. The lowest BCUT2D eigenvalue weighted by atomic mass is 9.92. The van der Waals surface area contributed by atoms with E-state index >= 15 is 0 Å². The van der Waals surface area contributed by atoms with E-state index in [9.17, 15) is 9.32 Å². The monoisotopic (exact) mass is 249 g/mol. The molecule has 4 heteroatoms. The van der Waals surface area contributed by atoms with Gasteiger partial charge in [-0.2, -0.15) is 0 Å². The molecule has 0 aromatic heterocycles. The average molecular weight is 249 g/mol. The van der Waals surface area contributed by atoms with Gasteiger partial charge in [0.25, 0.3) is 0 Å². The summed E-state index contributed by atoms with van der Waals surface area (Å²) in [5.74, 6) is 0.417. The van der Waals surface area contributed by atoms with E-state index in [-0.39, 0.29) is 22.6 Å². The van der Waals surface area contributed by atoms with Gasteiger partial charge in [-0.25, -0.2) is 8.93 Å². The second kappa shape index (κ2) is 6.12. The highest BCUT2D eigenvalue weighted by Gasteiger charge is 2.30. The predicted octanol–water partition coefficient (Wildman–Crippen LogP) is 2.08. The van der Waals surface area contributed by atoms with Gasteiger partial charge in [0.05, 0.1) is 21.8 Å². The molecular formula is C12H27NO2S. The predicted molar refractivity (Wildman–Crippen MR) is 70.5 cm³/mol. The molecule has 0 saturated heterocycles. The van der Waals surface area contributed by atoms with Gasteiger partial charge in [0, 0.05) is 6.04 Å². The summed E-state index contributed by atoms with van der Waals surface area (Å²) in [5, 5.41) is 10.1. The Balaban J connectivity index is 4.65. The van der Waals surface area contributed by atoms with Gasteiger partial charge in [0.2, 0.25) is 0 Å². The van der Waals surface area contributed by atoms with Crippen LogP contribution >= 0.6 is 0 Å². The summed E-state index contributed by atoms with van der Waals surface area (Å²) >= 11 is 0. The van der Waals surface area contributed by atoms with Gasteiger partial charge in [-0.3, -0.25) is 0 Å². The molecule has 1 unspecified atom stereocenters. The summed E-state index contributed by atoms with van der Waals surface area (Å²) in [7, 11) is -1.14. The Labute approximate surface area is 103 Å². The zero-order valence-electron chi connectivity index (χ0n) is 11.6. The van der Waals surface area contributed by atoms with Crippen molar-refractivity contribution < 1.29 is 9.32 Å². The van der Waals surface area contributed by atoms with Crippen molar-refractivity contribution in [2.75, 3.05) is 0 Å². The Hall–Kier alpha value is 0.0700. The average Bonchev–Trinajstić information content (AvgIpc) is 2.10. The second-order valence-electron chi connectivity index (χ2n) is 6.00. The number of hydrogen-bond donors (Lipinski definition) is 2. The molecule has 0 saturated carbocycles. The third-order valence-electron chi connectivity index (χ3n) is 2.57. The first-order chi connectivity index (χ1) is 7.07. The topological polar surface area (TPSA) is 49.3 Å². The number of aliphatic hydroxyl groups excluding tert-OH is 1. The van der Waals surface area contributed by atoms with Crippen LogP contribution in [0.2, 0.25) is 0 Å². The third-order valence-corrected chi connectivity index (χ3v) is 4.17. The first-order valence-corrected chi connectivity index (χ1v) is 7.08. The molecule has 0 spiro atoms. The molecule has 3 atom stereocenters. The van der Waals surface area contributed by atoms with Crippen LogP contribution < -0.4 is 4.72 Å². The van der Waals surface area contributed by atoms with Gasteiger partial charge in [-0.05, 0) is 32.6 Å². The molecule has 16 heavy (non-hydrogen) atoms. The molecule has 0 amide bonds. The molecule has 2 N–H and O–H groups in total. The fourth-order valence-electron chi connectivity index (χ4n) is 1.32. The van der Waals surface area contributed by atoms with Crippen molar-refractivity contribution in [3.05, 3.63) is 0 Å². The molecule has 0 aromatic carbocycles. The highest BCUT2D eigenvalue weighted by atomic mass is 32.2. The number of hydrogen-bond acceptors (Lipinski definition) is 2. The largest absolute Gasteiger partial charge is 0.391 e. The van der Waals surface area contributed by atoms with E-state index in [2.05, 4.69) is 4.72 Å². The maximum Gasteiger partial charge on any atom is 0.0973 e. The number of rotatable bonds is 5. The molecule has 0 aromatic rings. The fourth-order valence-corrected chi connectivity index (χ4v) is 2.33. The molecule has 98 valence electrons. The lowest BCUT2D eigenvalue weighted by Gasteiger charge is -2.32. The lowest BCUT2D eigenvalue weighted by molar-refractivity contribution is 0.0748. The van der Waals surface area contributed by atoms with Gasteiger partial charge in [-0.1, -0.05) is 27.7 Å². The van der Waals surface area contributed by atoms with E-state index in [0.717, 1.165) is 0 Å². The van der Waals surface area contributed by atoms with Gasteiger partial charge in [-0.15, -0.1) is 0 Å². The molecule has 0 aliphatic rings. The third kappa shape index (κ3) is 4.93. The number of aliphatic hydroxyl groups is 1. The van der Waals surface area contributed by atoms with Crippen molar-refractivity contribution >= 4 is 11.0 Å². The van der Waals surface area contributed by atoms with E-state index in [1.807, 2.05) is 48.5 Å². The SMILES string of the molecule is CC(C)[C@@H](O)[C@@H](NS(=O)C(C)(C)C)C(C)C. The zero-order chi connectivity index (χ0) is 13.1. The minimum atomic E-state index is -1.14. The smallest absolute Gasteiger partial charge is 0.0973 e. The van der Waals surface area contributed by atoms with Crippen LogP contribution in [0.4, 0.5) is 0 Å². The van der Waals surface area contributed by atoms with E-state index in [0.29, 0.717) is 0 Å². The van der Waals surface area contributed by atoms with Crippen molar-refractivity contribution in [1.82, 2.24) is 4.72 Å². The van der Waals surface area contributed by atoms with Gasteiger partial charge in [0.15, 0.2) is 0 Å². The van der Waals surface area contributed by atoms with Crippen LogP contribution in [-0.2, 0) is 11.0 Å². The molecule has 0 radical (unpaired) electrons. The Morgan fingerprint density at radius 3 is 1.75 bits per heavy atom. The highest BCUT2D eigenvalue weighted by molar-refractivity contribution is 7.84. The highest BCUT2D eigenvalue weighted by Crippen LogP contribution is 2.17. The van der Waals surface area contributed by atoms with Gasteiger partial charge < -0.3 is 5.11 Å². The second-order valence-corrected chi connectivity index (χ2v) is 8.00. The van der Waals surface area contributed by atoms with Crippen LogP contribution in [-0.4, -0.2) is 26.2 Å². The van der Waals surface area contributed by atoms with E-state index in [1.54, 1.807) is 0 Å². The first kappa shape index (κ1) is 16.1. The maximum atomic E-state index is 12.0. The van der Waals surface area contributed by atoms with Crippen LogP contribution in [0.5, 0.6) is 0 Å². The normalized spacial score (nSPS) is 18.9. The molecular weight excluding hydrogens is 222 g/mol. The van der Waals surface area contributed by atoms with Crippen molar-refractivity contribution in [2.24, 2.45) is 11.8 Å². The summed E-state index contributed by atoms with van der Waals surface area (Å²) in [6.07, 6.45) is -0.466. The van der Waals surface area contributed by atoms with Crippen molar-refractivity contribution in [1.29, 1.82) is 0 Å². The number of nitrogens with one attached hydrogen (secondary N) is 1. The quantitative estimate of drug-likeness (QED) is 0.784. The minimum absolute atomic E-state index is 0.125. The Bertz CT molecular complexity index is 234. The van der Waals surface area contributed by atoms with E-state index in [1.165, 1.54) is 0 Å². The summed E-state index contributed by atoms with van der Waals surface area (Å²) in [6, 6.07) is -0.125. The van der Waals surface area contributed by atoms with Crippen molar-refractivity contribution in [2.45, 2.75) is 65.4 Å². The molecule has 0 bridgehead atoms. The van der Waals surface area contributed by atoms with E-state index < -0.39 is 17.1 Å². The standard InChI is InChI=1S/C12H27NO2S/c1-8(2)10(11(14)9(3)4)13-16(15)12(5,6)7/h8-11,13-14H,1-7H3/t10-,11+,16?/m0/s1.